The summed E-state index contributed by atoms with van der Waals surface area (Å²) in [5.41, 5.74) is 9.34. The van der Waals surface area contributed by atoms with Gasteiger partial charge in [-0.2, -0.15) is 0 Å². The molecule has 0 radical (unpaired) electrons. The predicted octanol–water partition coefficient (Wildman–Crippen LogP) is 2.85. The van der Waals surface area contributed by atoms with Gasteiger partial charge in [-0.15, -0.1) is 0 Å². The largest absolute Gasteiger partial charge is 0.354 e. The number of benzene rings is 1. The van der Waals surface area contributed by atoms with E-state index in [4.69, 9.17) is 5.73 Å². The SMILES string of the molecule is CC(CN)Cc1ccc2[nH]c3ccncc3c2c1. The smallest absolute Gasteiger partial charge is 0.0495 e. The molecule has 3 N–H and O–H groups in total. The quantitative estimate of drug-likeness (QED) is 0.738. The molecule has 0 aliphatic heterocycles. The maximum Gasteiger partial charge on any atom is 0.0495 e. The molecular weight excluding hydrogens is 222 g/mol. The molecule has 2 heterocycles. The van der Waals surface area contributed by atoms with Crippen LogP contribution >= 0.6 is 0 Å². The van der Waals surface area contributed by atoms with Gasteiger partial charge in [0, 0.05) is 34.2 Å². The molecule has 0 amide bonds. The summed E-state index contributed by atoms with van der Waals surface area (Å²) in [6.45, 7) is 2.91. The molecule has 3 aromatic rings. The normalized spacial score (nSPS) is 13.2. The minimum Gasteiger partial charge on any atom is -0.354 e. The van der Waals surface area contributed by atoms with Gasteiger partial charge in [-0.05, 0) is 42.6 Å². The molecule has 2 aromatic heterocycles. The average Bonchev–Trinajstić information content (AvgIpc) is 2.77. The summed E-state index contributed by atoms with van der Waals surface area (Å²) in [5, 5.41) is 2.44. The van der Waals surface area contributed by atoms with Gasteiger partial charge in [-0.3, -0.25) is 4.98 Å². The highest BCUT2D eigenvalue weighted by atomic mass is 14.7. The molecule has 0 fully saturated rings. The van der Waals surface area contributed by atoms with E-state index in [0.29, 0.717) is 5.92 Å². The van der Waals surface area contributed by atoms with Crippen LogP contribution < -0.4 is 5.73 Å². The number of aromatic nitrogens is 2. The molecule has 18 heavy (non-hydrogen) atoms. The van der Waals surface area contributed by atoms with E-state index >= 15 is 0 Å². The first-order valence-electron chi connectivity index (χ1n) is 6.32. The zero-order chi connectivity index (χ0) is 12.5. The molecule has 3 heteroatoms. The number of fused-ring (bicyclic) bond motifs is 3. The summed E-state index contributed by atoms with van der Waals surface area (Å²) in [7, 11) is 0. The van der Waals surface area contributed by atoms with Gasteiger partial charge >= 0.3 is 0 Å². The Morgan fingerprint density at radius 1 is 1.22 bits per heavy atom. The summed E-state index contributed by atoms with van der Waals surface area (Å²) in [6, 6.07) is 8.59. The summed E-state index contributed by atoms with van der Waals surface area (Å²) >= 11 is 0. The fraction of sp³-hybridized carbons (Fsp3) is 0.267. The lowest BCUT2D eigenvalue weighted by Gasteiger charge is -2.08. The van der Waals surface area contributed by atoms with Crippen molar-refractivity contribution in [1.82, 2.24) is 9.97 Å². The van der Waals surface area contributed by atoms with Crippen LogP contribution in [-0.2, 0) is 6.42 Å². The zero-order valence-electron chi connectivity index (χ0n) is 10.5. The van der Waals surface area contributed by atoms with E-state index in [2.05, 4.69) is 35.1 Å². The summed E-state index contributed by atoms with van der Waals surface area (Å²) in [5.74, 6) is 0.519. The number of nitrogens with zero attached hydrogens (tertiary/aromatic N) is 1. The molecule has 0 spiro atoms. The number of nitrogens with two attached hydrogens (primary N) is 1. The van der Waals surface area contributed by atoms with Gasteiger partial charge in [-0.1, -0.05) is 13.0 Å². The highest BCUT2D eigenvalue weighted by Gasteiger charge is 2.06. The number of rotatable bonds is 3. The maximum absolute atomic E-state index is 5.69. The van der Waals surface area contributed by atoms with Crippen molar-refractivity contribution in [1.29, 1.82) is 0 Å². The summed E-state index contributed by atoms with van der Waals surface area (Å²) in [6.07, 6.45) is 4.76. The highest BCUT2D eigenvalue weighted by Crippen LogP contribution is 2.26. The van der Waals surface area contributed by atoms with Crippen LogP contribution in [0.5, 0.6) is 0 Å². The number of nitrogens with one attached hydrogen (secondary N) is 1. The van der Waals surface area contributed by atoms with Gasteiger partial charge in [0.2, 0.25) is 0 Å². The van der Waals surface area contributed by atoms with Crippen LogP contribution in [0.1, 0.15) is 12.5 Å². The van der Waals surface area contributed by atoms with E-state index in [-0.39, 0.29) is 0 Å². The first-order chi connectivity index (χ1) is 8.78. The Hall–Kier alpha value is -1.87. The maximum atomic E-state index is 5.69. The van der Waals surface area contributed by atoms with E-state index in [9.17, 15) is 0 Å². The Bertz CT molecular complexity index is 684. The zero-order valence-corrected chi connectivity index (χ0v) is 10.5. The lowest BCUT2D eigenvalue weighted by molar-refractivity contribution is 0.593. The van der Waals surface area contributed by atoms with Gasteiger partial charge in [0.15, 0.2) is 0 Å². The Balaban J connectivity index is 2.12. The molecule has 1 unspecified atom stereocenters. The third kappa shape index (κ3) is 1.87. The summed E-state index contributed by atoms with van der Waals surface area (Å²) in [4.78, 5) is 7.61. The molecule has 0 aliphatic carbocycles. The Morgan fingerprint density at radius 3 is 2.89 bits per heavy atom. The van der Waals surface area contributed by atoms with Crippen molar-refractivity contribution in [2.24, 2.45) is 11.7 Å². The van der Waals surface area contributed by atoms with Crippen LogP contribution in [0.2, 0.25) is 0 Å². The summed E-state index contributed by atoms with van der Waals surface area (Å²) < 4.78 is 0. The standard InChI is InChI=1S/C15H17N3/c1-10(8-16)6-11-2-3-14-12(7-11)13-9-17-5-4-15(13)18-14/h2-5,7,9-10,18H,6,8,16H2,1H3. The highest BCUT2D eigenvalue weighted by molar-refractivity contribution is 6.06. The van der Waals surface area contributed by atoms with E-state index in [1.165, 1.54) is 21.9 Å². The van der Waals surface area contributed by atoms with Crippen LogP contribution in [0.25, 0.3) is 21.8 Å². The molecule has 92 valence electrons. The number of aromatic amines is 1. The van der Waals surface area contributed by atoms with Gasteiger partial charge in [0.1, 0.15) is 0 Å². The van der Waals surface area contributed by atoms with E-state index in [1.54, 1.807) is 0 Å². The fourth-order valence-electron chi connectivity index (χ4n) is 2.40. The van der Waals surface area contributed by atoms with Crippen molar-refractivity contribution in [2.45, 2.75) is 13.3 Å². The van der Waals surface area contributed by atoms with Crippen LogP contribution in [0.15, 0.2) is 36.7 Å². The van der Waals surface area contributed by atoms with Crippen molar-refractivity contribution < 1.29 is 0 Å². The molecule has 1 atom stereocenters. The topological polar surface area (TPSA) is 54.7 Å². The lowest BCUT2D eigenvalue weighted by atomic mass is 10.00. The molecule has 3 rings (SSSR count). The molecule has 0 saturated heterocycles. The van der Waals surface area contributed by atoms with Crippen molar-refractivity contribution in [3.05, 3.63) is 42.2 Å². The number of pyridine rings is 1. The second-order valence-electron chi connectivity index (χ2n) is 4.97. The average molecular weight is 239 g/mol. The Morgan fingerprint density at radius 2 is 2.06 bits per heavy atom. The molecule has 0 bridgehead atoms. The van der Waals surface area contributed by atoms with E-state index in [1.807, 2.05) is 18.5 Å². The first kappa shape index (κ1) is 11.2. The third-order valence-corrected chi connectivity index (χ3v) is 3.45. The third-order valence-electron chi connectivity index (χ3n) is 3.45. The van der Waals surface area contributed by atoms with Gasteiger partial charge in [-0.25, -0.2) is 0 Å². The van der Waals surface area contributed by atoms with Gasteiger partial charge < -0.3 is 10.7 Å². The van der Waals surface area contributed by atoms with E-state index in [0.717, 1.165) is 18.5 Å². The molecule has 1 aromatic carbocycles. The minimum atomic E-state index is 0.519. The molecule has 3 nitrogen and oxygen atoms in total. The molecular formula is C15H17N3. The predicted molar refractivity (Wildman–Crippen MR) is 75.5 cm³/mol. The minimum absolute atomic E-state index is 0.519. The van der Waals surface area contributed by atoms with Crippen molar-refractivity contribution in [2.75, 3.05) is 6.54 Å². The van der Waals surface area contributed by atoms with Crippen molar-refractivity contribution >= 4 is 21.8 Å². The second-order valence-corrected chi connectivity index (χ2v) is 4.97. The molecule has 0 saturated carbocycles. The monoisotopic (exact) mass is 239 g/mol. The Kier molecular flexibility index (Phi) is 2.76. The molecule has 0 aliphatic rings. The number of hydrogen-bond acceptors (Lipinski definition) is 2. The lowest BCUT2D eigenvalue weighted by Crippen LogP contribution is -2.12. The second kappa shape index (κ2) is 4.42. The van der Waals surface area contributed by atoms with Gasteiger partial charge in [0.25, 0.3) is 0 Å². The number of hydrogen-bond donors (Lipinski definition) is 2. The first-order valence-corrected chi connectivity index (χ1v) is 6.32. The van der Waals surface area contributed by atoms with Crippen molar-refractivity contribution in [3.63, 3.8) is 0 Å². The number of H-pyrrole nitrogens is 1. The fourth-order valence-corrected chi connectivity index (χ4v) is 2.40. The van der Waals surface area contributed by atoms with Gasteiger partial charge in [0.05, 0.1) is 0 Å². The van der Waals surface area contributed by atoms with Crippen LogP contribution in [0.4, 0.5) is 0 Å². The van der Waals surface area contributed by atoms with E-state index < -0.39 is 0 Å². The van der Waals surface area contributed by atoms with Crippen LogP contribution in [0.3, 0.4) is 0 Å². The van der Waals surface area contributed by atoms with Crippen molar-refractivity contribution in [3.8, 4) is 0 Å². The van der Waals surface area contributed by atoms with Crippen LogP contribution in [-0.4, -0.2) is 16.5 Å². The Labute approximate surface area is 106 Å². The van der Waals surface area contributed by atoms with Crippen LogP contribution in [0, 0.1) is 5.92 Å².